The van der Waals surface area contributed by atoms with Crippen LogP contribution >= 0.6 is 12.6 Å². The van der Waals surface area contributed by atoms with E-state index in [1.54, 1.807) is 5.57 Å². The minimum atomic E-state index is -0.411. The molecule has 7 heteroatoms. The number of rotatable bonds is 1. The zero-order valence-corrected chi connectivity index (χ0v) is 17.1. The normalized spacial score (nSPS) is 27.0. The molecule has 2 atom stereocenters. The molecule has 0 amide bonds. The van der Waals surface area contributed by atoms with Crippen LogP contribution < -0.4 is 11.1 Å². The third kappa shape index (κ3) is 7.03. The number of ether oxygens (including phenoxy) is 1. The lowest BCUT2D eigenvalue weighted by Crippen LogP contribution is -2.47. The van der Waals surface area contributed by atoms with Crippen LogP contribution in [0.5, 0.6) is 0 Å². The van der Waals surface area contributed by atoms with Crippen molar-refractivity contribution in [3.05, 3.63) is 47.2 Å². The monoisotopic (exact) mass is 411 g/mol. The van der Waals surface area contributed by atoms with Crippen LogP contribution in [0.4, 0.5) is 8.78 Å². The van der Waals surface area contributed by atoms with Gasteiger partial charge in [-0.1, -0.05) is 0 Å². The van der Waals surface area contributed by atoms with Crippen LogP contribution in [0.25, 0.3) is 0 Å². The van der Waals surface area contributed by atoms with E-state index in [0.29, 0.717) is 6.04 Å². The van der Waals surface area contributed by atoms with E-state index in [4.69, 9.17) is 10.5 Å². The van der Waals surface area contributed by atoms with Crippen molar-refractivity contribution in [1.29, 1.82) is 0 Å². The predicted molar refractivity (Wildman–Crippen MR) is 111 cm³/mol. The van der Waals surface area contributed by atoms with E-state index in [-0.39, 0.29) is 6.04 Å². The third-order valence-corrected chi connectivity index (χ3v) is 5.78. The number of nitrogens with two attached hydrogens (primary N) is 1. The first kappa shape index (κ1) is 21.6. The molecule has 28 heavy (non-hydrogen) atoms. The summed E-state index contributed by atoms with van der Waals surface area (Å²) in [5, 5.41) is 4.30. The summed E-state index contributed by atoms with van der Waals surface area (Å²) in [5.74, 6) is -0.821. The van der Waals surface area contributed by atoms with Gasteiger partial charge in [0.2, 0.25) is 0 Å². The first-order valence-corrected chi connectivity index (χ1v) is 10.6. The number of benzene rings is 1. The Morgan fingerprint density at radius 1 is 1.07 bits per heavy atom. The molecule has 2 unspecified atom stereocenters. The minimum absolute atomic E-state index is 0.226. The Bertz CT molecular complexity index is 613. The van der Waals surface area contributed by atoms with Crippen molar-refractivity contribution in [2.45, 2.75) is 49.4 Å². The Hall–Kier alpha value is -1.15. The topological polar surface area (TPSA) is 50.5 Å². The molecule has 2 fully saturated rings. The van der Waals surface area contributed by atoms with E-state index in [1.165, 1.54) is 31.4 Å². The maximum atomic E-state index is 11.9. The van der Waals surface area contributed by atoms with Crippen LogP contribution in [0.3, 0.4) is 0 Å². The molecule has 4 nitrogen and oxygen atoms in total. The summed E-state index contributed by atoms with van der Waals surface area (Å²) in [6, 6.07) is 5.07. The molecule has 3 N–H and O–H groups in total. The summed E-state index contributed by atoms with van der Waals surface area (Å²) in [7, 11) is 0. The minimum Gasteiger partial charge on any atom is -0.387 e. The second-order valence-corrected chi connectivity index (χ2v) is 8.60. The molecule has 1 saturated heterocycles. The second-order valence-electron chi connectivity index (χ2n) is 7.87. The van der Waals surface area contributed by atoms with Crippen LogP contribution in [0.1, 0.15) is 32.1 Å². The van der Waals surface area contributed by atoms with Gasteiger partial charge in [0.1, 0.15) is 11.6 Å². The van der Waals surface area contributed by atoms with Gasteiger partial charge in [-0.3, -0.25) is 4.90 Å². The Morgan fingerprint density at radius 3 is 2.25 bits per heavy atom. The molecular weight excluding hydrogens is 380 g/mol. The molecule has 0 radical (unpaired) electrons. The summed E-state index contributed by atoms with van der Waals surface area (Å²) < 4.78 is 29.4. The van der Waals surface area contributed by atoms with Gasteiger partial charge in [-0.15, -0.1) is 0 Å². The van der Waals surface area contributed by atoms with Gasteiger partial charge in [-0.05, 0) is 61.9 Å². The smallest absolute Gasteiger partial charge is 0.123 e. The molecule has 3 heterocycles. The lowest BCUT2D eigenvalue weighted by atomic mass is 10.0. The largest absolute Gasteiger partial charge is 0.387 e. The van der Waals surface area contributed by atoms with E-state index >= 15 is 0 Å². The quantitative estimate of drug-likeness (QED) is 0.622. The van der Waals surface area contributed by atoms with Crippen molar-refractivity contribution >= 4 is 12.6 Å². The first-order chi connectivity index (χ1) is 13.5. The lowest BCUT2D eigenvalue weighted by Gasteiger charge is -2.33. The van der Waals surface area contributed by atoms with E-state index in [2.05, 4.69) is 22.8 Å². The molecule has 3 aliphatic heterocycles. The van der Waals surface area contributed by atoms with Crippen molar-refractivity contribution in [3.8, 4) is 0 Å². The second kappa shape index (κ2) is 10.6. The Balaban J connectivity index is 0.000000155. The van der Waals surface area contributed by atoms with Gasteiger partial charge in [0.25, 0.3) is 0 Å². The van der Waals surface area contributed by atoms with Crippen molar-refractivity contribution in [2.24, 2.45) is 5.73 Å². The number of nitrogens with one attached hydrogen (secondary N) is 1. The predicted octanol–water partition coefficient (Wildman–Crippen LogP) is 3.10. The molecule has 0 aromatic heterocycles. The van der Waals surface area contributed by atoms with E-state index in [0.717, 1.165) is 68.8 Å². The number of halogens is 2. The number of nitrogens with zero attached hydrogens (tertiary/aromatic N) is 1. The van der Waals surface area contributed by atoms with E-state index in [9.17, 15) is 8.78 Å². The van der Waals surface area contributed by atoms with Crippen molar-refractivity contribution < 1.29 is 13.5 Å². The number of hydrogen-bond acceptors (Lipinski definition) is 5. The summed E-state index contributed by atoms with van der Waals surface area (Å²) >= 11 is 4.08. The summed E-state index contributed by atoms with van der Waals surface area (Å²) in [5.41, 5.74) is 9.05. The molecule has 1 saturated carbocycles. The molecule has 1 aromatic rings. The maximum Gasteiger partial charge on any atom is 0.123 e. The average molecular weight is 412 g/mol. The van der Waals surface area contributed by atoms with Gasteiger partial charge >= 0.3 is 0 Å². The van der Waals surface area contributed by atoms with Gasteiger partial charge in [-0.25, -0.2) is 8.78 Å². The van der Waals surface area contributed by atoms with Crippen LogP contribution in [-0.2, 0) is 4.74 Å². The molecule has 0 bridgehead atoms. The van der Waals surface area contributed by atoms with Crippen molar-refractivity contribution in [1.82, 2.24) is 10.2 Å². The van der Waals surface area contributed by atoms with Gasteiger partial charge in [0.15, 0.2) is 0 Å². The Kier molecular flexibility index (Phi) is 8.14. The highest BCUT2D eigenvalue weighted by atomic mass is 32.1. The van der Waals surface area contributed by atoms with Crippen LogP contribution in [0, 0.1) is 11.6 Å². The number of hydrogen-bond donors (Lipinski definition) is 3. The molecule has 1 aliphatic carbocycles. The summed E-state index contributed by atoms with van der Waals surface area (Å²) in [6.45, 7) is 4.94. The maximum absolute atomic E-state index is 11.9. The molecule has 1 aromatic carbocycles. The van der Waals surface area contributed by atoms with Crippen molar-refractivity contribution in [3.63, 3.8) is 0 Å². The van der Waals surface area contributed by atoms with Crippen LogP contribution in [-0.4, -0.2) is 55.1 Å². The summed E-state index contributed by atoms with van der Waals surface area (Å²) in [4.78, 5) is 2.53. The van der Waals surface area contributed by atoms with Gasteiger partial charge in [-0.2, -0.15) is 12.6 Å². The standard InChI is InChI=1S/C12H21N3O.C6H4F2.C3H6S/c13-10-4-11(8-16-7-10)15-5-9-2-1-3-14-12(9)6-15;7-5-1-2-6(8)4-3-5;4-3-1-2-3/h10-11,14H,1-8,13H2;1-4H;3-4H,1-2H2. The molecule has 4 aliphatic rings. The third-order valence-electron chi connectivity index (χ3n) is 5.26. The van der Waals surface area contributed by atoms with E-state index < -0.39 is 11.6 Å². The first-order valence-electron chi connectivity index (χ1n) is 10.1. The average Bonchev–Trinajstić information content (AvgIpc) is 3.35. The SMILES string of the molecule is Fc1ccc(F)cc1.NC1COCC(N2CC3=C(C2)NCCC3)C1.SC1CC1. The van der Waals surface area contributed by atoms with Crippen LogP contribution in [0.2, 0.25) is 0 Å². The Morgan fingerprint density at radius 2 is 1.71 bits per heavy atom. The highest BCUT2D eigenvalue weighted by Gasteiger charge is 2.31. The Labute approximate surface area is 171 Å². The number of thiol groups is 1. The zero-order chi connectivity index (χ0) is 19.9. The molecule has 5 rings (SSSR count). The van der Waals surface area contributed by atoms with Gasteiger partial charge in [0.05, 0.1) is 13.2 Å². The van der Waals surface area contributed by atoms with Gasteiger partial charge in [0, 0.05) is 42.7 Å². The van der Waals surface area contributed by atoms with Crippen LogP contribution in [0.15, 0.2) is 35.5 Å². The lowest BCUT2D eigenvalue weighted by molar-refractivity contribution is 0.0161. The van der Waals surface area contributed by atoms with Crippen molar-refractivity contribution in [2.75, 3.05) is 32.8 Å². The van der Waals surface area contributed by atoms with Gasteiger partial charge < -0.3 is 15.8 Å². The highest BCUT2D eigenvalue weighted by molar-refractivity contribution is 7.81. The highest BCUT2D eigenvalue weighted by Crippen LogP contribution is 2.26. The summed E-state index contributed by atoms with van der Waals surface area (Å²) in [6.07, 6.45) is 6.35. The van der Waals surface area contributed by atoms with E-state index in [1.807, 2.05) is 0 Å². The molecule has 0 spiro atoms. The fourth-order valence-corrected chi connectivity index (χ4v) is 3.67. The fraction of sp³-hybridized carbons (Fsp3) is 0.619. The fourth-order valence-electron chi connectivity index (χ4n) is 3.52. The zero-order valence-electron chi connectivity index (χ0n) is 16.2. The molecular formula is C21H31F2N3OS. The molecule has 156 valence electrons.